The molecule has 1 aliphatic carbocycles. The molecule has 2 atom stereocenters. The number of hydrogen-bond donors (Lipinski definition) is 1. The molecule has 3 nitrogen and oxygen atoms in total. The highest BCUT2D eigenvalue weighted by atomic mass is 15.2. The summed E-state index contributed by atoms with van der Waals surface area (Å²) in [5.74, 6) is 0. The van der Waals surface area contributed by atoms with Crippen molar-refractivity contribution in [3.8, 4) is 0 Å². The van der Waals surface area contributed by atoms with Gasteiger partial charge in [0.25, 0.3) is 0 Å². The van der Waals surface area contributed by atoms with Gasteiger partial charge in [-0.05, 0) is 50.9 Å². The summed E-state index contributed by atoms with van der Waals surface area (Å²) in [4.78, 5) is 2.42. The number of nitrogens with zero attached hydrogens (tertiary/aromatic N) is 2. The highest BCUT2D eigenvalue weighted by Crippen LogP contribution is 2.32. The van der Waals surface area contributed by atoms with Crippen LogP contribution in [0.2, 0.25) is 0 Å². The van der Waals surface area contributed by atoms with E-state index in [0.29, 0.717) is 6.04 Å². The molecule has 1 saturated heterocycles. The third kappa shape index (κ3) is 1.59. The van der Waals surface area contributed by atoms with Crippen LogP contribution in [0.3, 0.4) is 0 Å². The fourth-order valence-corrected chi connectivity index (χ4v) is 3.23. The molecule has 1 fully saturated rings. The lowest BCUT2D eigenvalue weighted by Crippen LogP contribution is -2.21. The summed E-state index contributed by atoms with van der Waals surface area (Å²) in [6, 6.07) is 3.21. The third-order valence-corrected chi connectivity index (χ3v) is 4.15. The number of fused-ring (bicyclic) bond motifs is 1. The molecule has 0 spiro atoms. The zero-order valence-electron chi connectivity index (χ0n) is 10.0. The van der Waals surface area contributed by atoms with Gasteiger partial charge >= 0.3 is 0 Å². The molecule has 0 amide bonds. The summed E-state index contributed by atoms with van der Waals surface area (Å²) in [6.45, 7) is 2.42. The van der Waals surface area contributed by atoms with Crippen LogP contribution >= 0.6 is 0 Å². The van der Waals surface area contributed by atoms with Crippen molar-refractivity contribution in [2.24, 2.45) is 5.73 Å². The SMILES string of the molecule is CN1CCC(n2ccc3c2CCCC3N)C1. The Hall–Kier alpha value is -0.800. The Morgan fingerprint density at radius 3 is 3.00 bits per heavy atom. The zero-order valence-corrected chi connectivity index (χ0v) is 10.0. The van der Waals surface area contributed by atoms with Gasteiger partial charge in [0.05, 0.1) is 0 Å². The summed E-state index contributed by atoms with van der Waals surface area (Å²) >= 11 is 0. The van der Waals surface area contributed by atoms with E-state index in [-0.39, 0.29) is 6.04 Å². The normalized spacial score (nSPS) is 30.6. The Balaban J connectivity index is 1.91. The van der Waals surface area contributed by atoms with E-state index in [4.69, 9.17) is 5.73 Å². The van der Waals surface area contributed by atoms with Crippen molar-refractivity contribution in [2.75, 3.05) is 20.1 Å². The third-order valence-electron chi connectivity index (χ3n) is 4.15. The molecule has 2 aliphatic rings. The Labute approximate surface area is 97.2 Å². The Morgan fingerprint density at radius 2 is 2.25 bits per heavy atom. The van der Waals surface area contributed by atoms with E-state index in [1.54, 1.807) is 0 Å². The molecule has 2 unspecified atom stereocenters. The lowest BCUT2D eigenvalue weighted by atomic mass is 9.93. The van der Waals surface area contributed by atoms with Crippen LogP contribution in [-0.2, 0) is 6.42 Å². The maximum absolute atomic E-state index is 6.16. The van der Waals surface area contributed by atoms with Crippen molar-refractivity contribution < 1.29 is 0 Å². The highest BCUT2D eigenvalue weighted by Gasteiger charge is 2.26. The number of rotatable bonds is 1. The fourth-order valence-electron chi connectivity index (χ4n) is 3.23. The van der Waals surface area contributed by atoms with Gasteiger partial charge in [0.15, 0.2) is 0 Å². The monoisotopic (exact) mass is 219 g/mol. The summed E-state index contributed by atoms with van der Waals surface area (Å²) in [7, 11) is 2.21. The van der Waals surface area contributed by atoms with E-state index in [9.17, 15) is 0 Å². The fraction of sp³-hybridized carbons (Fsp3) is 0.692. The second-order valence-corrected chi connectivity index (χ2v) is 5.33. The van der Waals surface area contributed by atoms with Gasteiger partial charge in [-0.3, -0.25) is 0 Å². The molecule has 88 valence electrons. The summed E-state index contributed by atoms with van der Waals surface area (Å²) in [6.07, 6.45) is 7.17. The minimum atomic E-state index is 0.282. The molecule has 0 saturated carbocycles. The predicted molar refractivity (Wildman–Crippen MR) is 65.4 cm³/mol. The largest absolute Gasteiger partial charge is 0.347 e. The van der Waals surface area contributed by atoms with Crippen LogP contribution < -0.4 is 5.73 Å². The maximum atomic E-state index is 6.16. The van der Waals surface area contributed by atoms with Gasteiger partial charge in [0, 0.05) is 30.5 Å². The molecule has 1 aromatic heterocycles. The second kappa shape index (κ2) is 3.90. The van der Waals surface area contributed by atoms with Crippen LogP contribution in [0.1, 0.15) is 42.6 Å². The predicted octanol–water partition coefficient (Wildman–Crippen LogP) is 1.70. The number of likely N-dealkylation sites (N-methyl/N-ethyl adjacent to an activating group) is 1. The first-order valence-corrected chi connectivity index (χ1v) is 6.39. The van der Waals surface area contributed by atoms with Crippen LogP contribution in [0.5, 0.6) is 0 Å². The average Bonchev–Trinajstić information content (AvgIpc) is 2.84. The minimum absolute atomic E-state index is 0.282. The van der Waals surface area contributed by atoms with Gasteiger partial charge in [-0.1, -0.05) is 0 Å². The maximum Gasteiger partial charge on any atom is 0.0472 e. The second-order valence-electron chi connectivity index (χ2n) is 5.33. The standard InChI is InChI=1S/C13H21N3/c1-15-7-5-10(9-15)16-8-6-11-12(14)3-2-4-13(11)16/h6,8,10,12H,2-5,7,9,14H2,1H3. The topological polar surface area (TPSA) is 34.2 Å². The summed E-state index contributed by atoms with van der Waals surface area (Å²) in [5.41, 5.74) is 9.08. The molecule has 0 radical (unpaired) electrons. The van der Waals surface area contributed by atoms with E-state index >= 15 is 0 Å². The summed E-state index contributed by atoms with van der Waals surface area (Å²) < 4.78 is 2.50. The van der Waals surface area contributed by atoms with E-state index in [1.807, 2.05) is 0 Å². The lowest BCUT2D eigenvalue weighted by molar-refractivity contribution is 0.388. The molecule has 3 rings (SSSR count). The molecule has 2 N–H and O–H groups in total. The first-order valence-electron chi connectivity index (χ1n) is 6.39. The van der Waals surface area contributed by atoms with Crippen molar-refractivity contribution in [3.05, 3.63) is 23.5 Å². The lowest BCUT2D eigenvalue weighted by Gasteiger charge is -2.23. The van der Waals surface area contributed by atoms with E-state index in [2.05, 4.69) is 28.8 Å². The van der Waals surface area contributed by atoms with Crippen molar-refractivity contribution in [2.45, 2.75) is 37.8 Å². The van der Waals surface area contributed by atoms with E-state index in [0.717, 1.165) is 6.42 Å². The first kappa shape index (κ1) is 10.4. The van der Waals surface area contributed by atoms with Gasteiger partial charge in [-0.15, -0.1) is 0 Å². The Kier molecular flexibility index (Phi) is 2.52. The molecule has 3 heteroatoms. The molecular formula is C13H21N3. The smallest absolute Gasteiger partial charge is 0.0472 e. The van der Waals surface area contributed by atoms with Crippen molar-refractivity contribution in [1.29, 1.82) is 0 Å². The van der Waals surface area contributed by atoms with Crippen molar-refractivity contribution in [1.82, 2.24) is 9.47 Å². The molecule has 0 aromatic carbocycles. The van der Waals surface area contributed by atoms with Crippen LogP contribution in [0.15, 0.2) is 12.3 Å². The van der Waals surface area contributed by atoms with Gasteiger partial charge in [-0.25, -0.2) is 0 Å². The van der Waals surface area contributed by atoms with Gasteiger partial charge in [-0.2, -0.15) is 0 Å². The molecule has 1 aromatic rings. The highest BCUT2D eigenvalue weighted by molar-refractivity contribution is 5.29. The first-order chi connectivity index (χ1) is 7.75. The van der Waals surface area contributed by atoms with Crippen LogP contribution in [0, 0.1) is 0 Å². The van der Waals surface area contributed by atoms with Gasteiger partial charge < -0.3 is 15.2 Å². The van der Waals surface area contributed by atoms with Gasteiger partial charge in [0.1, 0.15) is 0 Å². The van der Waals surface area contributed by atoms with Crippen molar-refractivity contribution >= 4 is 0 Å². The average molecular weight is 219 g/mol. The van der Waals surface area contributed by atoms with E-state index < -0.39 is 0 Å². The molecule has 16 heavy (non-hydrogen) atoms. The number of hydrogen-bond acceptors (Lipinski definition) is 2. The Morgan fingerprint density at radius 1 is 1.38 bits per heavy atom. The van der Waals surface area contributed by atoms with Gasteiger partial charge in [0.2, 0.25) is 0 Å². The Bertz CT molecular complexity index is 383. The van der Waals surface area contributed by atoms with Crippen molar-refractivity contribution in [3.63, 3.8) is 0 Å². The van der Waals surface area contributed by atoms with Crippen LogP contribution in [0.25, 0.3) is 0 Å². The number of aromatic nitrogens is 1. The van der Waals surface area contributed by atoms with Crippen LogP contribution in [0.4, 0.5) is 0 Å². The van der Waals surface area contributed by atoms with Crippen LogP contribution in [-0.4, -0.2) is 29.6 Å². The number of nitrogens with two attached hydrogens (primary N) is 1. The van der Waals surface area contributed by atoms with E-state index in [1.165, 1.54) is 43.6 Å². The molecule has 2 heterocycles. The summed E-state index contributed by atoms with van der Waals surface area (Å²) in [5, 5.41) is 0. The minimum Gasteiger partial charge on any atom is -0.347 e. The molecular weight excluding hydrogens is 198 g/mol. The number of likely N-dealkylation sites (tertiary alicyclic amines) is 1. The molecule has 0 bridgehead atoms. The quantitative estimate of drug-likeness (QED) is 0.780. The zero-order chi connectivity index (χ0) is 11.1. The molecule has 1 aliphatic heterocycles.